The summed E-state index contributed by atoms with van der Waals surface area (Å²) < 4.78 is 0.431. The minimum Gasteiger partial charge on any atom is -0.481 e. The topological polar surface area (TPSA) is 37.3 Å². The maximum Gasteiger partial charge on any atom is 0.307 e. The molecule has 1 aromatic carbocycles. The second-order valence-corrected chi connectivity index (χ2v) is 6.07. The molecule has 1 aliphatic heterocycles. The van der Waals surface area contributed by atoms with Crippen LogP contribution in [0, 0.1) is 0 Å². The van der Waals surface area contributed by atoms with Crippen LogP contribution in [-0.4, -0.2) is 22.6 Å². The molecule has 1 heterocycles. The van der Waals surface area contributed by atoms with Crippen LogP contribution in [0.3, 0.4) is 0 Å². The van der Waals surface area contributed by atoms with Crippen LogP contribution < -0.4 is 0 Å². The van der Waals surface area contributed by atoms with Crippen molar-refractivity contribution in [3.8, 4) is 0 Å². The lowest BCUT2D eigenvalue weighted by molar-refractivity contribution is -0.136. The summed E-state index contributed by atoms with van der Waals surface area (Å²) in [5, 5.41) is 8.82. The van der Waals surface area contributed by atoms with Gasteiger partial charge in [-0.3, -0.25) is 4.79 Å². The first-order chi connectivity index (χ1) is 7.27. The normalized spacial score (nSPS) is 16.8. The van der Waals surface area contributed by atoms with Crippen molar-refractivity contribution in [1.29, 1.82) is 0 Å². The molecule has 1 saturated heterocycles. The van der Waals surface area contributed by atoms with Crippen LogP contribution in [0.1, 0.15) is 15.7 Å². The summed E-state index contributed by atoms with van der Waals surface area (Å²) >= 11 is 3.81. The average Bonchev–Trinajstić information content (AvgIpc) is 2.70. The third kappa shape index (κ3) is 2.69. The SMILES string of the molecule is O=C(O)Cc1ccccc1C1SCCS1. The zero-order valence-corrected chi connectivity index (χ0v) is 9.81. The Labute approximate surface area is 97.5 Å². The molecule has 0 atom stereocenters. The Morgan fingerprint density at radius 2 is 2.00 bits per heavy atom. The molecule has 15 heavy (non-hydrogen) atoms. The highest BCUT2D eigenvalue weighted by atomic mass is 32.2. The molecule has 0 saturated carbocycles. The molecule has 1 aromatic rings. The number of hydrogen-bond acceptors (Lipinski definition) is 3. The summed E-state index contributed by atoms with van der Waals surface area (Å²) in [5.74, 6) is 1.57. The number of aliphatic carboxylic acids is 1. The Bertz CT molecular complexity index is 359. The summed E-state index contributed by atoms with van der Waals surface area (Å²) in [7, 11) is 0. The standard InChI is InChI=1S/C11H12O2S2/c12-10(13)7-8-3-1-2-4-9(8)11-14-5-6-15-11/h1-4,11H,5-7H2,(H,12,13). The van der Waals surface area contributed by atoms with Gasteiger partial charge in [0.15, 0.2) is 0 Å². The van der Waals surface area contributed by atoms with Crippen LogP contribution in [0.4, 0.5) is 0 Å². The Hall–Kier alpha value is -0.610. The number of benzene rings is 1. The van der Waals surface area contributed by atoms with Gasteiger partial charge in [0, 0.05) is 11.5 Å². The summed E-state index contributed by atoms with van der Waals surface area (Å²) in [6, 6.07) is 7.86. The van der Waals surface area contributed by atoms with Crippen molar-refractivity contribution in [2.75, 3.05) is 11.5 Å². The van der Waals surface area contributed by atoms with Gasteiger partial charge in [0.2, 0.25) is 0 Å². The first kappa shape index (κ1) is 10.9. The Morgan fingerprint density at radius 1 is 1.33 bits per heavy atom. The molecule has 0 aliphatic carbocycles. The molecule has 0 radical (unpaired) electrons. The second kappa shape index (κ2) is 4.94. The van der Waals surface area contributed by atoms with E-state index in [0.717, 1.165) is 17.1 Å². The maximum atomic E-state index is 10.7. The van der Waals surface area contributed by atoms with Crippen LogP contribution in [0.15, 0.2) is 24.3 Å². The molecule has 2 nitrogen and oxygen atoms in total. The summed E-state index contributed by atoms with van der Waals surface area (Å²) in [6.45, 7) is 0. The van der Waals surface area contributed by atoms with Gasteiger partial charge in [-0.15, -0.1) is 23.5 Å². The fraction of sp³-hybridized carbons (Fsp3) is 0.364. The number of carboxylic acids is 1. The van der Waals surface area contributed by atoms with Crippen molar-refractivity contribution < 1.29 is 9.90 Å². The van der Waals surface area contributed by atoms with E-state index in [2.05, 4.69) is 0 Å². The van der Waals surface area contributed by atoms with E-state index in [9.17, 15) is 4.79 Å². The lowest BCUT2D eigenvalue weighted by Crippen LogP contribution is -2.03. The zero-order chi connectivity index (χ0) is 10.7. The molecule has 0 spiro atoms. The Balaban J connectivity index is 2.24. The van der Waals surface area contributed by atoms with Crippen LogP contribution in [0.2, 0.25) is 0 Å². The monoisotopic (exact) mass is 240 g/mol. The molecule has 80 valence electrons. The van der Waals surface area contributed by atoms with E-state index in [1.165, 1.54) is 5.56 Å². The fourth-order valence-electron chi connectivity index (χ4n) is 1.63. The van der Waals surface area contributed by atoms with E-state index in [-0.39, 0.29) is 6.42 Å². The average molecular weight is 240 g/mol. The number of carboxylic acid groups (broad SMARTS) is 1. The summed E-state index contributed by atoms with van der Waals surface area (Å²) in [5.41, 5.74) is 2.14. The third-order valence-electron chi connectivity index (χ3n) is 2.27. The molecule has 4 heteroatoms. The number of rotatable bonds is 3. The van der Waals surface area contributed by atoms with Crippen LogP contribution in [-0.2, 0) is 11.2 Å². The molecule has 0 aromatic heterocycles. The second-order valence-electron chi connectivity index (χ2n) is 3.34. The van der Waals surface area contributed by atoms with E-state index >= 15 is 0 Å². The number of carbonyl (C=O) groups is 1. The van der Waals surface area contributed by atoms with Crippen molar-refractivity contribution in [1.82, 2.24) is 0 Å². The van der Waals surface area contributed by atoms with Crippen LogP contribution in [0.5, 0.6) is 0 Å². The van der Waals surface area contributed by atoms with Crippen LogP contribution in [0.25, 0.3) is 0 Å². The highest BCUT2D eigenvalue weighted by Gasteiger charge is 2.21. The fourth-order valence-corrected chi connectivity index (χ4v) is 4.61. The molecular weight excluding hydrogens is 228 g/mol. The third-order valence-corrected chi connectivity index (χ3v) is 5.34. The van der Waals surface area contributed by atoms with Gasteiger partial charge in [-0.25, -0.2) is 0 Å². The molecule has 0 amide bonds. The van der Waals surface area contributed by atoms with Crippen LogP contribution >= 0.6 is 23.5 Å². The number of hydrogen-bond donors (Lipinski definition) is 1. The van der Waals surface area contributed by atoms with Gasteiger partial charge in [0.1, 0.15) is 0 Å². The van der Waals surface area contributed by atoms with E-state index in [4.69, 9.17) is 5.11 Å². The van der Waals surface area contributed by atoms with Gasteiger partial charge in [-0.1, -0.05) is 24.3 Å². The maximum absolute atomic E-state index is 10.7. The Morgan fingerprint density at radius 3 is 2.67 bits per heavy atom. The molecular formula is C11H12O2S2. The van der Waals surface area contributed by atoms with Crippen molar-refractivity contribution in [2.45, 2.75) is 11.0 Å². The predicted molar refractivity (Wildman–Crippen MR) is 65.4 cm³/mol. The van der Waals surface area contributed by atoms with Crippen molar-refractivity contribution in [3.63, 3.8) is 0 Å². The van der Waals surface area contributed by atoms with E-state index in [1.54, 1.807) is 0 Å². The summed E-state index contributed by atoms with van der Waals surface area (Å²) in [6.07, 6.45) is 0.133. The Kier molecular flexibility index (Phi) is 3.59. The van der Waals surface area contributed by atoms with Gasteiger partial charge in [0.05, 0.1) is 11.0 Å². The predicted octanol–water partition coefficient (Wildman–Crippen LogP) is 2.79. The molecule has 2 rings (SSSR count). The quantitative estimate of drug-likeness (QED) is 0.881. The lowest BCUT2D eigenvalue weighted by Gasteiger charge is -2.12. The van der Waals surface area contributed by atoms with Crippen molar-refractivity contribution in [3.05, 3.63) is 35.4 Å². The molecule has 1 fully saturated rings. The van der Waals surface area contributed by atoms with E-state index in [1.807, 2.05) is 47.8 Å². The van der Waals surface area contributed by atoms with Crippen molar-refractivity contribution >= 4 is 29.5 Å². The van der Waals surface area contributed by atoms with Crippen molar-refractivity contribution in [2.24, 2.45) is 0 Å². The minimum absolute atomic E-state index is 0.133. The smallest absolute Gasteiger partial charge is 0.307 e. The van der Waals surface area contributed by atoms with Gasteiger partial charge >= 0.3 is 5.97 Å². The van der Waals surface area contributed by atoms with Gasteiger partial charge in [-0.2, -0.15) is 0 Å². The summed E-state index contributed by atoms with van der Waals surface area (Å²) in [4.78, 5) is 10.7. The molecule has 1 N–H and O–H groups in total. The lowest BCUT2D eigenvalue weighted by atomic mass is 10.1. The molecule has 0 unspecified atom stereocenters. The largest absolute Gasteiger partial charge is 0.481 e. The van der Waals surface area contributed by atoms with E-state index in [0.29, 0.717) is 4.58 Å². The molecule has 1 aliphatic rings. The minimum atomic E-state index is -0.754. The highest BCUT2D eigenvalue weighted by Crippen LogP contribution is 2.46. The highest BCUT2D eigenvalue weighted by molar-refractivity contribution is 8.19. The van der Waals surface area contributed by atoms with E-state index < -0.39 is 5.97 Å². The molecule has 0 bridgehead atoms. The first-order valence-corrected chi connectivity index (χ1v) is 6.90. The zero-order valence-electron chi connectivity index (χ0n) is 8.18. The van der Waals surface area contributed by atoms with Gasteiger partial charge in [-0.05, 0) is 11.1 Å². The number of thioether (sulfide) groups is 2. The van der Waals surface area contributed by atoms with Gasteiger partial charge < -0.3 is 5.11 Å². The first-order valence-electron chi connectivity index (χ1n) is 4.80. The van der Waals surface area contributed by atoms with Gasteiger partial charge in [0.25, 0.3) is 0 Å².